The van der Waals surface area contributed by atoms with E-state index in [-0.39, 0.29) is 17.8 Å². The first-order chi connectivity index (χ1) is 11.4. The van der Waals surface area contributed by atoms with E-state index in [9.17, 15) is 17.6 Å². The minimum Gasteiger partial charge on any atom is -0.351 e. The van der Waals surface area contributed by atoms with Crippen LogP contribution in [0.15, 0.2) is 36.3 Å². The zero-order chi connectivity index (χ0) is 17.3. The zero-order valence-corrected chi connectivity index (χ0v) is 13.8. The molecule has 1 aromatic heterocycles. The molecule has 1 amide bonds. The second kappa shape index (κ2) is 6.37. The van der Waals surface area contributed by atoms with E-state index < -0.39 is 10.0 Å². The van der Waals surface area contributed by atoms with Crippen molar-refractivity contribution in [2.24, 2.45) is 0 Å². The smallest absolute Gasteiger partial charge is 0.270 e. The molecule has 1 saturated heterocycles. The highest BCUT2D eigenvalue weighted by molar-refractivity contribution is 7.92. The maximum absolute atomic E-state index is 13.2. The van der Waals surface area contributed by atoms with Gasteiger partial charge in [0.1, 0.15) is 11.5 Å². The summed E-state index contributed by atoms with van der Waals surface area (Å²) in [5, 5.41) is 1.53. The fourth-order valence-electron chi connectivity index (χ4n) is 2.87. The number of rotatable bonds is 4. The number of piperidine rings is 1. The maximum atomic E-state index is 13.2. The summed E-state index contributed by atoms with van der Waals surface area (Å²) >= 11 is 0. The average molecular weight is 351 g/mol. The van der Waals surface area contributed by atoms with Gasteiger partial charge in [0.15, 0.2) is 0 Å². The molecule has 1 aliphatic heterocycles. The highest BCUT2D eigenvalue weighted by Gasteiger charge is 2.26. The van der Waals surface area contributed by atoms with Crippen LogP contribution >= 0.6 is 0 Å². The fraction of sp³-hybridized carbons (Fsp3) is 0.312. The van der Waals surface area contributed by atoms with Gasteiger partial charge in [-0.3, -0.25) is 4.79 Å². The highest BCUT2D eigenvalue weighted by atomic mass is 32.2. The topological polar surface area (TPSA) is 82.3 Å². The Morgan fingerprint density at radius 2 is 2.04 bits per heavy atom. The number of aromatic nitrogens is 1. The highest BCUT2D eigenvalue weighted by Crippen LogP contribution is 2.20. The Balaban J connectivity index is 1.67. The minimum absolute atomic E-state index is 0.170. The molecule has 0 bridgehead atoms. The Hall–Kier alpha value is -2.19. The SMILES string of the molecule is C=CS(=O)(=O)NC1CCN(C(=O)c2cc3cc(F)ccc3[nH]2)CC1. The molecule has 24 heavy (non-hydrogen) atoms. The van der Waals surface area contributed by atoms with Crippen molar-refractivity contribution in [1.82, 2.24) is 14.6 Å². The van der Waals surface area contributed by atoms with Gasteiger partial charge in [0.25, 0.3) is 5.91 Å². The van der Waals surface area contributed by atoms with E-state index in [1.54, 1.807) is 17.0 Å². The molecular formula is C16H18FN3O3S. The summed E-state index contributed by atoms with van der Waals surface area (Å²) in [4.78, 5) is 17.2. The molecule has 2 aromatic rings. The quantitative estimate of drug-likeness (QED) is 0.884. The number of H-pyrrole nitrogens is 1. The molecule has 1 aromatic carbocycles. The van der Waals surface area contributed by atoms with Gasteiger partial charge in [-0.1, -0.05) is 6.58 Å². The number of hydrogen-bond acceptors (Lipinski definition) is 3. The molecule has 6 nitrogen and oxygen atoms in total. The molecule has 0 aliphatic carbocycles. The summed E-state index contributed by atoms with van der Waals surface area (Å²) in [6.07, 6.45) is 1.07. The van der Waals surface area contributed by atoms with Crippen molar-refractivity contribution >= 4 is 26.8 Å². The monoisotopic (exact) mass is 351 g/mol. The Morgan fingerprint density at radius 3 is 2.71 bits per heavy atom. The molecule has 0 unspecified atom stereocenters. The summed E-state index contributed by atoms with van der Waals surface area (Å²) in [7, 11) is -3.46. The first-order valence-electron chi connectivity index (χ1n) is 7.60. The Labute approximate surface area is 139 Å². The molecule has 0 saturated carbocycles. The summed E-state index contributed by atoms with van der Waals surface area (Å²) in [5.41, 5.74) is 1.11. The van der Waals surface area contributed by atoms with E-state index in [4.69, 9.17) is 0 Å². The molecule has 3 rings (SSSR count). The van der Waals surface area contributed by atoms with Crippen LogP contribution in [-0.2, 0) is 10.0 Å². The number of hydrogen-bond donors (Lipinski definition) is 2. The van der Waals surface area contributed by atoms with Crippen LogP contribution in [0.3, 0.4) is 0 Å². The lowest BCUT2D eigenvalue weighted by Gasteiger charge is -2.31. The second-order valence-corrected chi connectivity index (χ2v) is 7.47. The van der Waals surface area contributed by atoms with Crippen molar-refractivity contribution in [2.75, 3.05) is 13.1 Å². The van der Waals surface area contributed by atoms with Crippen molar-refractivity contribution in [3.63, 3.8) is 0 Å². The van der Waals surface area contributed by atoms with Crippen LogP contribution in [-0.4, -0.2) is 43.3 Å². The van der Waals surface area contributed by atoms with Crippen LogP contribution in [0, 0.1) is 5.82 Å². The van der Waals surface area contributed by atoms with Gasteiger partial charge in [-0.25, -0.2) is 17.5 Å². The molecule has 2 heterocycles. The fourth-order valence-corrected chi connectivity index (χ4v) is 3.67. The van der Waals surface area contributed by atoms with Crippen molar-refractivity contribution in [3.8, 4) is 0 Å². The molecule has 128 valence electrons. The summed E-state index contributed by atoms with van der Waals surface area (Å²) in [6.45, 7) is 4.16. The lowest BCUT2D eigenvalue weighted by molar-refractivity contribution is 0.0706. The minimum atomic E-state index is -3.46. The zero-order valence-electron chi connectivity index (χ0n) is 13.0. The number of aromatic amines is 1. The third-order valence-electron chi connectivity index (χ3n) is 4.15. The van der Waals surface area contributed by atoms with Crippen molar-refractivity contribution in [2.45, 2.75) is 18.9 Å². The third kappa shape index (κ3) is 3.49. The van der Waals surface area contributed by atoms with Crippen LogP contribution in [0.25, 0.3) is 10.9 Å². The van der Waals surface area contributed by atoms with Gasteiger partial charge in [0.05, 0.1) is 0 Å². The van der Waals surface area contributed by atoms with Crippen molar-refractivity contribution in [3.05, 3.63) is 47.8 Å². The largest absolute Gasteiger partial charge is 0.351 e. The number of carbonyl (C=O) groups excluding carboxylic acids is 1. The van der Waals surface area contributed by atoms with Gasteiger partial charge in [-0.15, -0.1) is 0 Å². The van der Waals surface area contributed by atoms with Gasteiger partial charge >= 0.3 is 0 Å². The Morgan fingerprint density at radius 1 is 1.33 bits per heavy atom. The first-order valence-corrected chi connectivity index (χ1v) is 9.15. The number of carbonyl (C=O) groups is 1. The molecule has 0 spiro atoms. The molecule has 8 heteroatoms. The van der Waals surface area contributed by atoms with Crippen molar-refractivity contribution < 1.29 is 17.6 Å². The van der Waals surface area contributed by atoms with Gasteiger partial charge in [0, 0.05) is 35.4 Å². The van der Waals surface area contributed by atoms with E-state index in [1.807, 2.05) is 0 Å². The summed E-state index contributed by atoms with van der Waals surface area (Å²) in [5.74, 6) is -0.521. The van der Waals surface area contributed by atoms with Gasteiger partial charge in [-0.2, -0.15) is 0 Å². The number of nitrogens with one attached hydrogen (secondary N) is 2. The van der Waals surface area contributed by atoms with E-state index in [0.29, 0.717) is 42.5 Å². The molecular weight excluding hydrogens is 333 g/mol. The third-order valence-corrected chi connectivity index (χ3v) is 5.25. The number of halogens is 1. The van der Waals surface area contributed by atoms with Crippen LogP contribution < -0.4 is 4.72 Å². The second-order valence-electron chi connectivity index (χ2n) is 5.81. The molecule has 1 aliphatic rings. The summed E-state index contributed by atoms with van der Waals surface area (Å²) in [6, 6.07) is 5.74. The predicted molar refractivity (Wildman–Crippen MR) is 89.4 cm³/mol. The van der Waals surface area contributed by atoms with Crippen LogP contribution in [0.2, 0.25) is 0 Å². The van der Waals surface area contributed by atoms with Gasteiger partial charge in [0.2, 0.25) is 10.0 Å². The van der Waals surface area contributed by atoms with Crippen molar-refractivity contribution in [1.29, 1.82) is 0 Å². The van der Waals surface area contributed by atoms with Gasteiger partial charge in [-0.05, 0) is 37.1 Å². The Kier molecular flexibility index (Phi) is 4.42. The normalized spacial score (nSPS) is 16.5. The predicted octanol–water partition coefficient (Wildman–Crippen LogP) is 1.97. The van der Waals surface area contributed by atoms with E-state index in [1.165, 1.54) is 12.1 Å². The van der Waals surface area contributed by atoms with E-state index in [2.05, 4.69) is 16.3 Å². The number of sulfonamides is 1. The average Bonchev–Trinajstić information content (AvgIpc) is 2.97. The van der Waals surface area contributed by atoms with Gasteiger partial charge < -0.3 is 9.88 Å². The van der Waals surface area contributed by atoms with Crippen LogP contribution in [0.4, 0.5) is 4.39 Å². The molecule has 2 N–H and O–H groups in total. The number of likely N-dealkylation sites (tertiary alicyclic amines) is 1. The number of fused-ring (bicyclic) bond motifs is 1. The lowest BCUT2D eigenvalue weighted by atomic mass is 10.1. The van der Waals surface area contributed by atoms with Crippen LogP contribution in [0.5, 0.6) is 0 Å². The number of nitrogens with zero attached hydrogens (tertiary/aromatic N) is 1. The molecule has 1 fully saturated rings. The molecule has 0 atom stereocenters. The standard InChI is InChI=1S/C16H18FN3O3S/c1-2-24(22,23)19-13-5-7-20(8-6-13)16(21)15-10-11-9-12(17)3-4-14(11)18-15/h2-4,9-10,13,18-19H,1,5-8H2. The first kappa shape index (κ1) is 16.7. The van der Waals surface area contributed by atoms with E-state index in [0.717, 1.165) is 5.41 Å². The lowest BCUT2D eigenvalue weighted by Crippen LogP contribution is -2.46. The Bertz CT molecular complexity index is 883. The number of amides is 1. The number of benzene rings is 1. The van der Waals surface area contributed by atoms with E-state index >= 15 is 0 Å². The molecule has 0 radical (unpaired) electrons. The maximum Gasteiger partial charge on any atom is 0.270 e. The summed E-state index contributed by atoms with van der Waals surface area (Å²) < 4.78 is 38.7. The van der Waals surface area contributed by atoms with Crippen LogP contribution in [0.1, 0.15) is 23.3 Å².